The van der Waals surface area contributed by atoms with Crippen molar-refractivity contribution >= 4 is 34.4 Å². The number of benzene rings is 3. The van der Waals surface area contributed by atoms with Crippen molar-refractivity contribution in [3.63, 3.8) is 0 Å². The van der Waals surface area contributed by atoms with E-state index in [4.69, 9.17) is 9.47 Å². The smallest absolute Gasteiger partial charge is 0.332 e. The lowest BCUT2D eigenvalue weighted by Crippen LogP contribution is -2.44. The molecular weight excluding hydrogens is 544 g/mol. The standard InChI is InChI=1S/C34H36N4O5/c1-3-4-18-43-19-8-17-35-32(39)22-13-15-24(16-14-22)37-33(40)29-21-27-26-11-5-6-12-28(26)36-30(27)31(38(29)34(37)41)23-9-7-10-25(20-23)42-2/h5-7,9-16,20,29,31,36H,3-4,8,17-19,21H2,1-2H3,(H,35,39). The van der Waals surface area contributed by atoms with Gasteiger partial charge in [0.05, 0.1) is 12.8 Å². The topological polar surface area (TPSA) is 104 Å². The van der Waals surface area contributed by atoms with Gasteiger partial charge in [-0.1, -0.05) is 43.7 Å². The molecule has 3 aromatic carbocycles. The molecule has 222 valence electrons. The van der Waals surface area contributed by atoms with Gasteiger partial charge in [0.15, 0.2) is 0 Å². The maximum atomic E-state index is 14.1. The summed E-state index contributed by atoms with van der Waals surface area (Å²) in [6.07, 6.45) is 3.26. The molecule has 0 saturated carbocycles. The van der Waals surface area contributed by atoms with Crippen LogP contribution in [0.1, 0.15) is 59.4 Å². The van der Waals surface area contributed by atoms with Crippen LogP contribution in [0.3, 0.4) is 0 Å². The lowest BCUT2D eigenvalue weighted by Gasteiger charge is -2.36. The summed E-state index contributed by atoms with van der Waals surface area (Å²) in [5.74, 6) is 0.180. The van der Waals surface area contributed by atoms with Gasteiger partial charge in [0.2, 0.25) is 0 Å². The van der Waals surface area contributed by atoms with Crippen LogP contribution in [0.5, 0.6) is 5.75 Å². The second-order valence-corrected chi connectivity index (χ2v) is 10.9. The molecule has 4 amide bonds. The van der Waals surface area contributed by atoms with Crippen LogP contribution in [-0.2, 0) is 16.0 Å². The quantitative estimate of drug-likeness (QED) is 0.178. The van der Waals surface area contributed by atoms with E-state index in [1.54, 1.807) is 36.3 Å². The zero-order valence-corrected chi connectivity index (χ0v) is 24.5. The summed E-state index contributed by atoms with van der Waals surface area (Å²) < 4.78 is 11.0. The second-order valence-electron chi connectivity index (χ2n) is 10.9. The number of carbonyl (C=O) groups excluding carboxylic acids is 3. The van der Waals surface area contributed by atoms with Gasteiger partial charge in [-0.05, 0) is 66.4 Å². The van der Waals surface area contributed by atoms with Crippen LogP contribution in [0.2, 0.25) is 0 Å². The highest BCUT2D eigenvalue weighted by Gasteiger charge is 2.53. The van der Waals surface area contributed by atoms with Crippen LogP contribution in [-0.4, -0.2) is 60.6 Å². The Bertz CT molecular complexity index is 1650. The normalized spacial score (nSPS) is 17.7. The highest BCUT2D eigenvalue weighted by atomic mass is 16.5. The Labute approximate surface area is 250 Å². The monoisotopic (exact) mass is 580 g/mol. The van der Waals surface area contributed by atoms with Crippen LogP contribution >= 0.6 is 0 Å². The van der Waals surface area contributed by atoms with Crippen molar-refractivity contribution in [1.29, 1.82) is 0 Å². The summed E-state index contributed by atoms with van der Waals surface area (Å²) >= 11 is 0. The number of H-pyrrole nitrogens is 1. The third-order valence-electron chi connectivity index (χ3n) is 8.24. The van der Waals surface area contributed by atoms with Gasteiger partial charge in [0.25, 0.3) is 11.8 Å². The number of para-hydroxylation sites is 1. The molecule has 2 atom stereocenters. The predicted molar refractivity (Wildman–Crippen MR) is 164 cm³/mol. The zero-order chi connectivity index (χ0) is 29.9. The molecule has 2 aliphatic rings. The van der Waals surface area contributed by atoms with Crippen molar-refractivity contribution in [2.45, 2.75) is 44.7 Å². The summed E-state index contributed by atoms with van der Waals surface area (Å²) in [6.45, 7) is 3.97. The van der Waals surface area contributed by atoms with Crippen LogP contribution in [0.25, 0.3) is 10.9 Å². The number of anilines is 1. The summed E-state index contributed by atoms with van der Waals surface area (Å²) in [5, 5.41) is 3.95. The molecule has 4 aromatic rings. The zero-order valence-electron chi connectivity index (χ0n) is 24.5. The molecular formula is C34H36N4O5. The molecule has 0 bridgehead atoms. The maximum absolute atomic E-state index is 14.1. The number of imide groups is 1. The van der Waals surface area contributed by atoms with Crippen molar-refractivity contribution < 1.29 is 23.9 Å². The first-order chi connectivity index (χ1) is 21.0. The van der Waals surface area contributed by atoms with E-state index in [2.05, 4.69) is 17.2 Å². The van der Waals surface area contributed by atoms with Gasteiger partial charge in [-0.15, -0.1) is 0 Å². The summed E-state index contributed by atoms with van der Waals surface area (Å²) in [5.41, 5.74) is 4.65. The fourth-order valence-corrected chi connectivity index (χ4v) is 6.06. The summed E-state index contributed by atoms with van der Waals surface area (Å²) in [6, 6.07) is 20.7. The number of methoxy groups -OCH3 is 1. The molecule has 2 N–H and O–H groups in total. The van der Waals surface area contributed by atoms with E-state index in [-0.39, 0.29) is 11.8 Å². The number of aromatic nitrogens is 1. The molecule has 9 heteroatoms. The Balaban J connectivity index is 1.24. The van der Waals surface area contributed by atoms with Crippen LogP contribution in [0.4, 0.5) is 10.5 Å². The van der Waals surface area contributed by atoms with Crippen molar-refractivity contribution in [3.8, 4) is 5.75 Å². The van der Waals surface area contributed by atoms with Gasteiger partial charge in [0.1, 0.15) is 17.8 Å². The van der Waals surface area contributed by atoms with Crippen molar-refractivity contribution in [2.75, 3.05) is 31.8 Å². The number of rotatable bonds is 11. The van der Waals surface area contributed by atoms with Gasteiger partial charge >= 0.3 is 6.03 Å². The van der Waals surface area contributed by atoms with Crippen molar-refractivity contribution in [1.82, 2.24) is 15.2 Å². The molecule has 9 nitrogen and oxygen atoms in total. The number of urea groups is 1. The molecule has 6 rings (SSSR count). The van der Waals surface area contributed by atoms with Crippen molar-refractivity contribution in [2.24, 2.45) is 0 Å². The first kappa shape index (κ1) is 28.5. The third kappa shape index (κ3) is 5.36. The molecule has 3 heterocycles. The summed E-state index contributed by atoms with van der Waals surface area (Å²) in [4.78, 5) is 47.2. The van der Waals surface area contributed by atoms with E-state index in [0.29, 0.717) is 36.6 Å². The second kappa shape index (κ2) is 12.3. The Morgan fingerprint density at radius 3 is 2.58 bits per heavy atom. The average molecular weight is 581 g/mol. The molecule has 1 saturated heterocycles. The number of amides is 4. The molecule has 43 heavy (non-hydrogen) atoms. The van der Waals surface area contributed by atoms with Crippen LogP contribution in [0, 0.1) is 0 Å². The van der Waals surface area contributed by atoms with E-state index < -0.39 is 18.1 Å². The van der Waals surface area contributed by atoms with E-state index >= 15 is 0 Å². The van der Waals surface area contributed by atoms with E-state index in [9.17, 15) is 14.4 Å². The number of unbranched alkanes of at least 4 members (excludes halogenated alkanes) is 1. The molecule has 1 fully saturated rings. The van der Waals surface area contributed by atoms with Crippen LogP contribution in [0.15, 0.2) is 72.8 Å². The minimum Gasteiger partial charge on any atom is -0.497 e. The predicted octanol–water partition coefficient (Wildman–Crippen LogP) is 5.60. The number of hydrogen-bond acceptors (Lipinski definition) is 5. The third-order valence-corrected chi connectivity index (χ3v) is 8.24. The molecule has 2 aliphatic heterocycles. The molecule has 2 unspecified atom stereocenters. The number of hydrogen-bond donors (Lipinski definition) is 2. The Morgan fingerprint density at radius 2 is 1.79 bits per heavy atom. The minimum atomic E-state index is -0.669. The molecule has 1 aromatic heterocycles. The van der Waals surface area contributed by atoms with Gasteiger partial charge in [0, 0.05) is 48.3 Å². The maximum Gasteiger partial charge on any atom is 0.332 e. The molecule has 0 radical (unpaired) electrons. The first-order valence-electron chi connectivity index (χ1n) is 14.9. The fraction of sp³-hybridized carbons (Fsp3) is 0.324. The molecule has 0 aliphatic carbocycles. The highest BCUT2D eigenvalue weighted by molar-refractivity contribution is 6.22. The van der Waals surface area contributed by atoms with Crippen LogP contribution < -0.4 is 15.0 Å². The summed E-state index contributed by atoms with van der Waals surface area (Å²) in [7, 11) is 1.61. The number of ether oxygens (including phenoxy) is 2. The van der Waals surface area contributed by atoms with Gasteiger partial charge in [-0.3, -0.25) is 14.5 Å². The Kier molecular flexibility index (Phi) is 8.16. The van der Waals surface area contributed by atoms with E-state index in [1.165, 1.54) is 4.90 Å². The van der Waals surface area contributed by atoms with Gasteiger partial charge in [-0.2, -0.15) is 0 Å². The number of aromatic amines is 1. The molecule has 0 spiro atoms. The first-order valence-corrected chi connectivity index (χ1v) is 14.9. The number of nitrogens with one attached hydrogen (secondary N) is 2. The SMILES string of the molecule is CCCCOCCCNC(=O)c1ccc(N2C(=O)C3Cc4c([nH]c5ccccc45)C(c4cccc(OC)c4)N3C2=O)cc1. The largest absolute Gasteiger partial charge is 0.497 e. The Hall–Kier alpha value is -4.63. The Morgan fingerprint density at radius 1 is 1.00 bits per heavy atom. The number of fused-ring (bicyclic) bond motifs is 4. The van der Waals surface area contributed by atoms with E-state index in [1.807, 2.05) is 48.5 Å². The minimum absolute atomic E-state index is 0.208. The fourth-order valence-electron chi connectivity index (χ4n) is 6.06. The number of nitrogens with zero attached hydrogens (tertiary/aromatic N) is 2. The van der Waals surface area contributed by atoms with E-state index in [0.717, 1.165) is 53.6 Å². The number of carbonyl (C=O) groups is 3. The van der Waals surface area contributed by atoms with Gasteiger partial charge in [-0.25, -0.2) is 9.69 Å². The van der Waals surface area contributed by atoms with Crippen molar-refractivity contribution in [3.05, 3.63) is 95.2 Å². The lowest BCUT2D eigenvalue weighted by molar-refractivity contribution is -0.120. The lowest BCUT2D eigenvalue weighted by atomic mass is 9.89. The van der Waals surface area contributed by atoms with Gasteiger partial charge < -0.3 is 19.8 Å². The average Bonchev–Trinajstić information content (AvgIpc) is 3.53. The highest BCUT2D eigenvalue weighted by Crippen LogP contribution is 2.45.